The monoisotopic (exact) mass is 256 g/mol. The number of benzene rings is 1. The van der Waals surface area contributed by atoms with Crippen LogP contribution in [-0.2, 0) is 10.0 Å². The van der Waals surface area contributed by atoms with Gasteiger partial charge in [0.2, 0.25) is 10.0 Å². The van der Waals surface area contributed by atoms with Crippen molar-refractivity contribution in [3.8, 4) is 0 Å². The second-order valence-electron chi connectivity index (χ2n) is 4.22. The minimum absolute atomic E-state index is 0.306. The summed E-state index contributed by atoms with van der Waals surface area (Å²) < 4.78 is 26.1. The van der Waals surface area contributed by atoms with Crippen LogP contribution in [0.4, 0.5) is 5.69 Å². The molecular weight excluding hydrogens is 236 g/mol. The van der Waals surface area contributed by atoms with Gasteiger partial charge in [0, 0.05) is 18.3 Å². The van der Waals surface area contributed by atoms with E-state index in [1.165, 1.54) is 0 Å². The molecule has 0 aliphatic heterocycles. The molecule has 1 rings (SSSR count). The van der Waals surface area contributed by atoms with E-state index in [0.717, 1.165) is 12.1 Å². The summed E-state index contributed by atoms with van der Waals surface area (Å²) in [7, 11) is -3.35. The van der Waals surface area contributed by atoms with Crippen LogP contribution in [0.2, 0.25) is 0 Å². The zero-order valence-corrected chi connectivity index (χ0v) is 11.3. The van der Waals surface area contributed by atoms with E-state index in [1.807, 2.05) is 20.8 Å². The third-order valence-electron chi connectivity index (χ3n) is 2.16. The Morgan fingerprint density at radius 3 is 2.24 bits per heavy atom. The van der Waals surface area contributed by atoms with Crippen LogP contribution in [-0.4, -0.2) is 21.0 Å². The highest BCUT2D eigenvalue weighted by Gasteiger charge is 2.12. The molecule has 1 aromatic rings. The van der Waals surface area contributed by atoms with Crippen molar-refractivity contribution >= 4 is 15.7 Å². The normalized spacial score (nSPS) is 11.8. The molecule has 0 radical (unpaired) electrons. The van der Waals surface area contributed by atoms with E-state index in [0.29, 0.717) is 17.5 Å². The molecule has 2 N–H and O–H groups in total. The molecule has 17 heavy (non-hydrogen) atoms. The van der Waals surface area contributed by atoms with E-state index in [2.05, 4.69) is 10.0 Å². The minimum atomic E-state index is -3.35. The van der Waals surface area contributed by atoms with Gasteiger partial charge in [0.1, 0.15) is 0 Å². The maximum absolute atomic E-state index is 11.8. The second-order valence-corrected chi connectivity index (χ2v) is 5.99. The zero-order valence-electron chi connectivity index (χ0n) is 10.5. The Morgan fingerprint density at radius 1 is 1.18 bits per heavy atom. The lowest BCUT2D eigenvalue weighted by Crippen LogP contribution is -2.24. The zero-order chi connectivity index (χ0) is 12.9. The highest BCUT2D eigenvalue weighted by atomic mass is 32.2. The van der Waals surface area contributed by atoms with Crippen LogP contribution >= 0.6 is 0 Å². The standard InChI is InChI=1S/C12H20N2O2S/c1-4-9-13-17(15,16)12-7-5-11(6-8-12)14-10(2)3/h5-8,10,13-14H,4,9H2,1-3H3. The van der Waals surface area contributed by atoms with Crippen molar-refractivity contribution in [1.82, 2.24) is 4.72 Å². The first-order chi connectivity index (χ1) is 7.95. The van der Waals surface area contributed by atoms with Crippen LogP contribution in [0, 0.1) is 0 Å². The van der Waals surface area contributed by atoms with Gasteiger partial charge < -0.3 is 5.32 Å². The summed E-state index contributed by atoms with van der Waals surface area (Å²) in [6.45, 7) is 6.47. The maximum Gasteiger partial charge on any atom is 0.240 e. The van der Waals surface area contributed by atoms with Gasteiger partial charge in [-0.3, -0.25) is 0 Å². The molecule has 1 aromatic carbocycles. The maximum atomic E-state index is 11.8. The average molecular weight is 256 g/mol. The van der Waals surface area contributed by atoms with Crippen molar-refractivity contribution in [2.75, 3.05) is 11.9 Å². The largest absolute Gasteiger partial charge is 0.383 e. The molecule has 0 amide bonds. The van der Waals surface area contributed by atoms with Crippen molar-refractivity contribution < 1.29 is 8.42 Å². The third kappa shape index (κ3) is 4.36. The lowest BCUT2D eigenvalue weighted by atomic mass is 10.3. The molecule has 4 nitrogen and oxygen atoms in total. The van der Waals surface area contributed by atoms with Gasteiger partial charge in [-0.1, -0.05) is 6.92 Å². The molecule has 0 aliphatic rings. The lowest BCUT2D eigenvalue weighted by Gasteiger charge is -2.11. The summed E-state index contributed by atoms with van der Waals surface area (Å²) in [5.74, 6) is 0. The van der Waals surface area contributed by atoms with E-state index in [-0.39, 0.29) is 0 Å². The quantitative estimate of drug-likeness (QED) is 0.820. The molecule has 0 atom stereocenters. The van der Waals surface area contributed by atoms with Gasteiger partial charge in [0.25, 0.3) is 0 Å². The van der Waals surface area contributed by atoms with Gasteiger partial charge in [-0.15, -0.1) is 0 Å². The molecule has 0 aliphatic carbocycles. The van der Waals surface area contributed by atoms with Crippen LogP contribution in [0.5, 0.6) is 0 Å². The number of rotatable bonds is 6. The Balaban J connectivity index is 2.80. The van der Waals surface area contributed by atoms with Crippen LogP contribution in [0.15, 0.2) is 29.2 Å². The van der Waals surface area contributed by atoms with E-state index in [1.54, 1.807) is 24.3 Å². The molecule has 0 saturated carbocycles. The van der Waals surface area contributed by atoms with Crippen molar-refractivity contribution in [3.63, 3.8) is 0 Å². The summed E-state index contributed by atoms with van der Waals surface area (Å²) >= 11 is 0. The Hall–Kier alpha value is -1.07. The summed E-state index contributed by atoms with van der Waals surface area (Å²) in [6.07, 6.45) is 0.784. The van der Waals surface area contributed by atoms with Crippen molar-refractivity contribution in [3.05, 3.63) is 24.3 Å². The first-order valence-electron chi connectivity index (χ1n) is 5.82. The van der Waals surface area contributed by atoms with Crippen molar-refractivity contribution in [2.24, 2.45) is 0 Å². The molecule has 0 spiro atoms. The predicted octanol–water partition coefficient (Wildman–Crippen LogP) is 2.20. The summed E-state index contributed by atoms with van der Waals surface area (Å²) in [6, 6.07) is 7.11. The molecule has 0 saturated heterocycles. The molecule has 96 valence electrons. The van der Waals surface area contributed by atoms with Crippen LogP contribution < -0.4 is 10.0 Å². The van der Waals surface area contributed by atoms with Crippen LogP contribution in [0.1, 0.15) is 27.2 Å². The average Bonchev–Trinajstić information content (AvgIpc) is 2.26. The number of nitrogens with one attached hydrogen (secondary N) is 2. The van der Waals surface area contributed by atoms with E-state index in [9.17, 15) is 8.42 Å². The molecule has 0 aromatic heterocycles. The Bertz CT molecular complexity index is 438. The fraction of sp³-hybridized carbons (Fsp3) is 0.500. The van der Waals surface area contributed by atoms with Crippen molar-refractivity contribution in [1.29, 1.82) is 0 Å². The molecule has 0 bridgehead atoms. The number of hydrogen-bond acceptors (Lipinski definition) is 3. The summed E-state index contributed by atoms with van der Waals surface area (Å²) in [5.41, 5.74) is 0.925. The molecular formula is C12H20N2O2S. The smallest absolute Gasteiger partial charge is 0.240 e. The van der Waals surface area contributed by atoms with Gasteiger partial charge in [-0.05, 0) is 44.5 Å². The highest BCUT2D eigenvalue weighted by molar-refractivity contribution is 7.89. The SMILES string of the molecule is CCCNS(=O)(=O)c1ccc(NC(C)C)cc1. The molecule has 0 fully saturated rings. The molecule has 0 unspecified atom stereocenters. The number of anilines is 1. The number of sulfonamides is 1. The topological polar surface area (TPSA) is 58.2 Å². The van der Waals surface area contributed by atoms with Gasteiger partial charge in [0.15, 0.2) is 0 Å². The summed E-state index contributed by atoms with van der Waals surface area (Å²) in [5, 5.41) is 3.21. The lowest BCUT2D eigenvalue weighted by molar-refractivity contribution is 0.581. The van der Waals surface area contributed by atoms with Gasteiger partial charge in [-0.25, -0.2) is 13.1 Å². The summed E-state index contributed by atoms with van der Waals surface area (Å²) in [4.78, 5) is 0.306. The Kier molecular flexibility index (Phi) is 4.96. The second kappa shape index (κ2) is 6.02. The first-order valence-corrected chi connectivity index (χ1v) is 7.30. The highest BCUT2D eigenvalue weighted by Crippen LogP contribution is 2.14. The fourth-order valence-corrected chi connectivity index (χ4v) is 2.52. The van der Waals surface area contributed by atoms with E-state index in [4.69, 9.17) is 0 Å². The Morgan fingerprint density at radius 2 is 1.76 bits per heavy atom. The number of hydrogen-bond donors (Lipinski definition) is 2. The molecule has 0 heterocycles. The van der Waals surface area contributed by atoms with Gasteiger partial charge in [-0.2, -0.15) is 0 Å². The fourth-order valence-electron chi connectivity index (χ4n) is 1.38. The van der Waals surface area contributed by atoms with E-state index < -0.39 is 10.0 Å². The van der Waals surface area contributed by atoms with E-state index >= 15 is 0 Å². The predicted molar refractivity (Wildman–Crippen MR) is 70.7 cm³/mol. The minimum Gasteiger partial charge on any atom is -0.383 e. The third-order valence-corrected chi connectivity index (χ3v) is 3.64. The van der Waals surface area contributed by atoms with Gasteiger partial charge >= 0.3 is 0 Å². The van der Waals surface area contributed by atoms with Crippen LogP contribution in [0.3, 0.4) is 0 Å². The van der Waals surface area contributed by atoms with Crippen molar-refractivity contribution in [2.45, 2.75) is 38.1 Å². The first kappa shape index (κ1) is 14.0. The Labute approximate surface area is 103 Å². The molecule has 5 heteroatoms. The van der Waals surface area contributed by atoms with Crippen LogP contribution in [0.25, 0.3) is 0 Å². The van der Waals surface area contributed by atoms with Gasteiger partial charge in [0.05, 0.1) is 4.90 Å².